The molecule has 5 nitrogen and oxygen atoms in total. The highest BCUT2D eigenvalue weighted by molar-refractivity contribution is 5.88. The number of amides is 2. The molecule has 1 N–H and O–H groups in total. The number of β-lactam (4-membered cyclic amide) rings is 1. The molecule has 2 atom stereocenters. The summed E-state index contributed by atoms with van der Waals surface area (Å²) in [4.78, 5) is 24.6. The molecule has 2 aliphatic heterocycles. The van der Waals surface area contributed by atoms with Crippen LogP contribution >= 0.6 is 0 Å². The molecule has 1 aromatic rings. The van der Waals surface area contributed by atoms with E-state index in [1.54, 1.807) is 4.90 Å². The third kappa shape index (κ3) is 1.92. The van der Waals surface area contributed by atoms with Gasteiger partial charge in [-0.2, -0.15) is 0 Å². The first-order valence-corrected chi connectivity index (χ1v) is 6.00. The van der Waals surface area contributed by atoms with Crippen molar-refractivity contribution in [3.8, 4) is 0 Å². The van der Waals surface area contributed by atoms with Crippen LogP contribution in [0.5, 0.6) is 0 Å². The molecule has 0 radical (unpaired) electrons. The molecule has 2 fully saturated rings. The molecule has 2 heterocycles. The Morgan fingerprint density at radius 3 is 2.78 bits per heavy atom. The zero-order valence-electron chi connectivity index (χ0n) is 9.83. The molecule has 0 spiro atoms. The van der Waals surface area contributed by atoms with E-state index in [4.69, 9.17) is 4.74 Å². The van der Waals surface area contributed by atoms with Gasteiger partial charge in [0.05, 0.1) is 12.0 Å². The standard InChI is InChI=1S/C13H14N2O3/c16-12-10-6-15(7-11(10)14-12)13(17)18-8-9-4-2-1-3-5-9/h1-5,10-11H,6-8H2,(H,14,16)/t10-,11-/m0/s1. The Bertz CT molecular complexity index is 474. The van der Waals surface area contributed by atoms with Crippen molar-refractivity contribution in [3.05, 3.63) is 35.9 Å². The maximum Gasteiger partial charge on any atom is 0.410 e. The van der Waals surface area contributed by atoms with E-state index in [2.05, 4.69) is 5.32 Å². The highest BCUT2D eigenvalue weighted by atomic mass is 16.6. The number of fused-ring (bicyclic) bond motifs is 1. The Morgan fingerprint density at radius 2 is 2.11 bits per heavy atom. The number of hydrogen-bond acceptors (Lipinski definition) is 3. The van der Waals surface area contributed by atoms with Crippen molar-refractivity contribution in [2.75, 3.05) is 13.1 Å². The highest BCUT2D eigenvalue weighted by Crippen LogP contribution is 2.25. The monoisotopic (exact) mass is 246 g/mol. The maximum atomic E-state index is 11.8. The zero-order chi connectivity index (χ0) is 12.5. The average molecular weight is 246 g/mol. The van der Waals surface area contributed by atoms with Crippen molar-refractivity contribution >= 4 is 12.0 Å². The molecular formula is C13H14N2O3. The fourth-order valence-corrected chi connectivity index (χ4v) is 2.37. The Balaban J connectivity index is 1.52. The Morgan fingerprint density at radius 1 is 1.33 bits per heavy atom. The summed E-state index contributed by atoms with van der Waals surface area (Å²) in [5.74, 6) is 0.00707. The van der Waals surface area contributed by atoms with Crippen LogP contribution in [0.15, 0.2) is 30.3 Å². The second-order valence-electron chi connectivity index (χ2n) is 4.67. The van der Waals surface area contributed by atoms with Crippen molar-refractivity contribution in [3.63, 3.8) is 0 Å². The molecule has 0 aromatic heterocycles. The van der Waals surface area contributed by atoms with Gasteiger partial charge in [-0.1, -0.05) is 30.3 Å². The van der Waals surface area contributed by atoms with Crippen molar-refractivity contribution < 1.29 is 14.3 Å². The second-order valence-corrected chi connectivity index (χ2v) is 4.67. The van der Waals surface area contributed by atoms with E-state index in [0.29, 0.717) is 13.1 Å². The van der Waals surface area contributed by atoms with E-state index in [1.807, 2.05) is 30.3 Å². The fraction of sp³-hybridized carbons (Fsp3) is 0.385. The summed E-state index contributed by atoms with van der Waals surface area (Å²) in [6.45, 7) is 1.31. The topological polar surface area (TPSA) is 58.6 Å². The van der Waals surface area contributed by atoms with Gasteiger partial charge in [0.2, 0.25) is 5.91 Å². The third-order valence-electron chi connectivity index (χ3n) is 3.45. The van der Waals surface area contributed by atoms with Crippen LogP contribution in [0, 0.1) is 5.92 Å². The second kappa shape index (κ2) is 4.33. The Kier molecular flexibility index (Phi) is 2.66. The van der Waals surface area contributed by atoms with E-state index >= 15 is 0 Å². The summed E-state index contributed by atoms with van der Waals surface area (Å²) in [5.41, 5.74) is 0.960. The highest BCUT2D eigenvalue weighted by Gasteiger charge is 2.47. The van der Waals surface area contributed by atoms with Gasteiger partial charge in [0.1, 0.15) is 6.61 Å². The molecule has 1 aromatic carbocycles. The van der Waals surface area contributed by atoms with Gasteiger partial charge in [-0.3, -0.25) is 4.79 Å². The summed E-state index contributed by atoms with van der Waals surface area (Å²) in [5, 5.41) is 2.77. The van der Waals surface area contributed by atoms with Crippen molar-refractivity contribution in [2.45, 2.75) is 12.6 Å². The number of likely N-dealkylation sites (tertiary alicyclic amines) is 1. The molecular weight excluding hydrogens is 232 g/mol. The Hall–Kier alpha value is -2.04. The number of ether oxygens (including phenoxy) is 1. The van der Waals surface area contributed by atoms with E-state index in [0.717, 1.165) is 5.56 Å². The average Bonchev–Trinajstić information content (AvgIpc) is 2.74. The van der Waals surface area contributed by atoms with Crippen molar-refractivity contribution in [2.24, 2.45) is 5.92 Å². The number of nitrogens with one attached hydrogen (secondary N) is 1. The first-order valence-electron chi connectivity index (χ1n) is 6.00. The van der Waals surface area contributed by atoms with E-state index in [-0.39, 0.29) is 30.6 Å². The normalized spacial score (nSPS) is 25.1. The number of rotatable bonds is 2. The largest absolute Gasteiger partial charge is 0.445 e. The van der Waals surface area contributed by atoms with Gasteiger partial charge < -0.3 is 15.0 Å². The lowest BCUT2D eigenvalue weighted by Gasteiger charge is -2.28. The van der Waals surface area contributed by atoms with Crippen molar-refractivity contribution in [1.82, 2.24) is 10.2 Å². The summed E-state index contributed by atoms with van der Waals surface area (Å²) in [6, 6.07) is 9.67. The SMILES string of the molecule is O=C1N[C@H]2CN(C(=O)OCc3ccccc3)C[C@H]12. The van der Waals surface area contributed by atoms with Crippen LogP contribution in [-0.4, -0.2) is 36.0 Å². The maximum absolute atomic E-state index is 11.8. The first-order chi connectivity index (χ1) is 8.74. The smallest absolute Gasteiger partial charge is 0.410 e. The minimum Gasteiger partial charge on any atom is -0.445 e. The molecule has 0 aliphatic carbocycles. The molecule has 5 heteroatoms. The number of benzene rings is 1. The molecule has 94 valence electrons. The summed E-state index contributed by atoms with van der Waals surface area (Å²) in [6.07, 6.45) is -0.345. The van der Waals surface area contributed by atoms with Crippen LogP contribution < -0.4 is 5.32 Å². The van der Waals surface area contributed by atoms with Gasteiger partial charge in [-0.25, -0.2) is 4.79 Å². The lowest BCUT2D eigenvalue weighted by atomic mass is 9.95. The number of carbonyl (C=O) groups excluding carboxylic acids is 2. The van der Waals surface area contributed by atoms with Crippen LogP contribution in [0.2, 0.25) is 0 Å². The van der Waals surface area contributed by atoms with Crippen molar-refractivity contribution in [1.29, 1.82) is 0 Å². The van der Waals surface area contributed by atoms with Gasteiger partial charge in [0.15, 0.2) is 0 Å². The molecule has 18 heavy (non-hydrogen) atoms. The fourth-order valence-electron chi connectivity index (χ4n) is 2.37. The Labute approximate surface area is 105 Å². The number of hydrogen-bond donors (Lipinski definition) is 1. The van der Waals surface area contributed by atoms with Crippen LogP contribution in [0.3, 0.4) is 0 Å². The quantitative estimate of drug-likeness (QED) is 0.783. The number of carbonyl (C=O) groups is 2. The molecule has 0 unspecified atom stereocenters. The minimum absolute atomic E-state index is 0.0331. The predicted molar refractivity (Wildman–Crippen MR) is 63.6 cm³/mol. The summed E-state index contributed by atoms with van der Waals surface area (Å²) >= 11 is 0. The molecule has 0 bridgehead atoms. The van der Waals surface area contributed by atoms with E-state index in [9.17, 15) is 9.59 Å². The first kappa shape index (κ1) is 11.1. The summed E-state index contributed by atoms with van der Waals surface area (Å²) in [7, 11) is 0. The van der Waals surface area contributed by atoms with Gasteiger partial charge in [-0.15, -0.1) is 0 Å². The van der Waals surface area contributed by atoms with E-state index in [1.165, 1.54) is 0 Å². The minimum atomic E-state index is -0.345. The molecule has 2 amide bonds. The lowest BCUT2D eigenvalue weighted by molar-refractivity contribution is -0.132. The van der Waals surface area contributed by atoms with Gasteiger partial charge in [0.25, 0.3) is 0 Å². The van der Waals surface area contributed by atoms with Gasteiger partial charge in [-0.05, 0) is 5.56 Å². The molecule has 2 saturated heterocycles. The van der Waals surface area contributed by atoms with Crippen LogP contribution in [-0.2, 0) is 16.1 Å². The van der Waals surface area contributed by atoms with Crippen LogP contribution in [0.1, 0.15) is 5.56 Å². The van der Waals surface area contributed by atoms with Crippen LogP contribution in [0.4, 0.5) is 4.79 Å². The van der Waals surface area contributed by atoms with Gasteiger partial charge >= 0.3 is 6.09 Å². The lowest BCUT2D eigenvalue weighted by Crippen LogP contribution is -2.57. The van der Waals surface area contributed by atoms with Gasteiger partial charge in [0, 0.05) is 13.1 Å². The van der Waals surface area contributed by atoms with Crippen LogP contribution in [0.25, 0.3) is 0 Å². The molecule has 3 rings (SSSR count). The van der Waals surface area contributed by atoms with E-state index < -0.39 is 0 Å². The molecule has 0 saturated carbocycles. The summed E-state index contributed by atoms with van der Waals surface area (Å²) < 4.78 is 5.22. The zero-order valence-corrected chi connectivity index (χ0v) is 9.83. The predicted octanol–water partition coefficient (Wildman–Crippen LogP) is 0.753. The third-order valence-corrected chi connectivity index (χ3v) is 3.45. The number of nitrogens with zero attached hydrogens (tertiary/aromatic N) is 1. The molecule has 2 aliphatic rings.